The summed E-state index contributed by atoms with van der Waals surface area (Å²) >= 11 is 3.31. The summed E-state index contributed by atoms with van der Waals surface area (Å²) < 4.78 is 6.24. The minimum Gasteiger partial charge on any atom is -0.478 e. The van der Waals surface area contributed by atoms with Crippen molar-refractivity contribution in [1.29, 1.82) is 0 Å². The van der Waals surface area contributed by atoms with Crippen LogP contribution in [-0.4, -0.2) is 16.7 Å². The van der Waals surface area contributed by atoms with Crippen LogP contribution >= 0.6 is 15.9 Å². The average Bonchev–Trinajstić information content (AvgIpc) is 2.90. The average molecular weight is 257 g/mol. The van der Waals surface area contributed by atoms with Crippen molar-refractivity contribution in [2.45, 2.75) is 18.4 Å². The Balaban J connectivity index is 2.19. The Morgan fingerprint density at radius 1 is 1.43 bits per heavy atom. The van der Waals surface area contributed by atoms with Gasteiger partial charge in [-0.25, -0.2) is 4.79 Å². The fraction of sp³-hybridized carbons (Fsp3) is 0.300. The highest BCUT2D eigenvalue weighted by Gasteiger charge is 2.53. The van der Waals surface area contributed by atoms with Crippen LogP contribution in [0.2, 0.25) is 0 Å². The van der Waals surface area contributed by atoms with Gasteiger partial charge in [-0.1, -0.05) is 12.1 Å². The number of aliphatic carboxylic acids is 1. The van der Waals surface area contributed by atoms with E-state index >= 15 is 0 Å². The van der Waals surface area contributed by atoms with E-state index in [-0.39, 0.29) is 0 Å². The van der Waals surface area contributed by atoms with Crippen molar-refractivity contribution in [3.05, 3.63) is 28.7 Å². The maximum Gasteiger partial charge on any atom is 0.348 e. The highest BCUT2D eigenvalue weighted by Crippen LogP contribution is 2.42. The lowest BCUT2D eigenvalue weighted by atomic mass is 10.3. The molecule has 3 nitrogen and oxygen atoms in total. The zero-order chi connectivity index (χ0) is 10.2. The first-order valence-corrected chi connectivity index (χ1v) is 5.10. The van der Waals surface area contributed by atoms with E-state index in [4.69, 9.17) is 9.84 Å². The fourth-order valence-corrected chi connectivity index (χ4v) is 1.58. The minimum atomic E-state index is -0.968. The topological polar surface area (TPSA) is 46.5 Å². The lowest BCUT2D eigenvalue weighted by molar-refractivity contribution is -0.147. The van der Waals surface area contributed by atoms with Gasteiger partial charge in [-0.15, -0.1) is 0 Å². The van der Waals surface area contributed by atoms with Gasteiger partial charge in [0.2, 0.25) is 5.60 Å². The molecule has 0 spiro atoms. The third-order valence-corrected chi connectivity index (χ3v) is 2.89. The molecule has 1 aromatic carbocycles. The van der Waals surface area contributed by atoms with Gasteiger partial charge >= 0.3 is 5.97 Å². The van der Waals surface area contributed by atoms with E-state index in [2.05, 4.69) is 15.9 Å². The molecule has 74 valence electrons. The summed E-state index contributed by atoms with van der Waals surface area (Å²) in [6.07, 6.45) is 1.17. The Labute approximate surface area is 89.8 Å². The van der Waals surface area contributed by atoms with E-state index in [1.165, 1.54) is 0 Å². The summed E-state index contributed by atoms with van der Waals surface area (Å²) in [4.78, 5) is 10.9. The first-order valence-electron chi connectivity index (χ1n) is 4.31. The van der Waals surface area contributed by atoms with Crippen molar-refractivity contribution in [3.63, 3.8) is 0 Å². The first kappa shape index (κ1) is 9.52. The fourth-order valence-electron chi connectivity index (χ4n) is 1.21. The molecule has 1 N–H and O–H groups in total. The van der Waals surface area contributed by atoms with Crippen molar-refractivity contribution in [2.75, 3.05) is 0 Å². The summed E-state index contributed by atoms with van der Waals surface area (Å²) in [7, 11) is 0. The number of carboxylic acid groups (broad SMARTS) is 1. The number of hydrogen-bond acceptors (Lipinski definition) is 2. The molecule has 1 aliphatic carbocycles. The summed E-state index contributed by atoms with van der Waals surface area (Å²) in [6, 6.07) is 7.26. The standard InChI is InChI=1S/C10H9BrO3/c11-7-3-1-2-4-8(7)14-10(5-6-10)9(12)13/h1-4H,5-6H2,(H,12,13). The minimum absolute atomic E-state index is 0.587. The van der Waals surface area contributed by atoms with Gasteiger partial charge in [-0.3, -0.25) is 0 Å². The monoisotopic (exact) mass is 256 g/mol. The maximum atomic E-state index is 10.9. The Morgan fingerprint density at radius 3 is 2.57 bits per heavy atom. The SMILES string of the molecule is O=C(O)C1(Oc2ccccc2Br)CC1. The van der Waals surface area contributed by atoms with Crippen LogP contribution in [0, 0.1) is 0 Å². The lowest BCUT2D eigenvalue weighted by Gasteiger charge is -2.14. The van der Waals surface area contributed by atoms with Crippen molar-refractivity contribution in [3.8, 4) is 5.75 Å². The molecular weight excluding hydrogens is 248 g/mol. The predicted octanol–water partition coefficient (Wildman–Crippen LogP) is 2.45. The molecule has 0 radical (unpaired) electrons. The molecule has 2 rings (SSSR count). The van der Waals surface area contributed by atoms with E-state index in [9.17, 15) is 4.79 Å². The third kappa shape index (κ3) is 1.62. The molecule has 1 aliphatic rings. The number of benzene rings is 1. The van der Waals surface area contributed by atoms with E-state index in [0.29, 0.717) is 18.6 Å². The Morgan fingerprint density at radius 2 is 2.07 bits per heavy atom. The van der Waals surface area contributed by atoms with Gasteiger partial charge in [0.15, 0.2) is 0 Å². The van der Waals surface area contributed by atoms with Gasteiger partial charge in [-0.2, -0.15) is 0 Å². The number of carbonyl (C=O) groups is 1. The quantitative estimate of drug-likeness (QED) is 0.904. The van der Waals surface area contributed by atoms with Crippen LogP contribution in [0.25, 0.3) is 0 Å². The van der Waals surface area contributed by atoms with E-state index in [0.717, 1.165) is 4.47 Å². The normalized spacial score (nSPS) is 17.5. The van der Waals surface area contributed by atoms with Crippen LogP contribution in [0.15, 0.2) is 28.7 Å². The highest BCUT2D eigenvalue weighted by atomic mass is 79.9. The summed E-state index contributed by atoms with van der Waals surface area (Å²) in [5.41, 5.74) is -0.968. The predicted molar refractivity (Wildman–Crippen MR) is 54.4 cm³/mol. The molecule has 0 atom stereocenters. The van der Waals surface area contributed by atoms with Crippen molar-refractivity contribution in [1.82, 2.24) is 0 Å². The second kappa shape index (κ2) is 3.28. The van der Waals surface area contributed by atoms with Crippen LogP contribution in [-0.2, 0) is 4.79 Å². The van der Waals surface area contributed by atoms with Crippen LogP contribution in [0.5, 0.6) is 5.75 Å². The zero-order valence-electron chi connectivity index (χ0n) is 7.37. The van der Waals surface area contributed by atoms with Gasteiger partial charge in [-0.05, 0) is 28.1 Å². The van der Waals surface area contributed by atoms with Crippen LogP contribution in [0.1, 0.15) is 12.8 Å². The largest absolute Gasteiger partial charge is 0.478 e. The second-order valence-corrected chi connectivity index (χ2v) is 4.19. The summed E-state index contributed by atoms with van der Waals surface area (Å²) in [5, 5.41) is 8.92. The van der Waals surface area contributed by atoms with Gasteiger partial charge in [0, 0.05) is 12.8 Å². The molecule has 0 saturated heterocycles. The van der Waals surface area contributed by atoms with Crippen LogP contribution < -0.4 is 4.74 Å². The van der Waals surface area contributed by atoms with Gasteiger partial charge in [0.1, 0.15) is 5.75 Å². The molecule has 0 heterocycles. The number of carboxylic acids is 1. The number of hydrogen-bond donors (Lipinski definition) is 1. The van der Waals surface area contributed by atoms with Crippen molar-refractivity contribution in [2.24, 2.45) is 0 Å². The Bertz CT molecular complexity index is 371. The molecule has 1 aromatic rings. The van der Waals surface area contributed by atoms with E-state index in [1.807, 2.05) is 18.2 Å². The number of halogens is 1. The van der Waals surface area contributed by atoms with Gasteiger partial charge < -0.3 is 9.84 Å². The molecule has 0 aliphatic heterocycles. The number of rotatable bonds is 3. The smallest absolute Gasteiger partial charge is 0.348 e. The zero-order valence-corrected chi connectivity index (χ0v) is 8.95. The van der Waals surface area contributed by atoms with E-state index < -0.39 is 11.6 Å². The van der Waals surface area contributed by atoms with Crippen molar-refractivity contribution >= 4 is 21.9 Å². The molecule has 4 heteroatoms. The van der Waals surface area contributed by atoms with Gasteiger partial charge in [0.25, 0.3) is 0 Å². The number of ether oxygens (including phenoxy) is 1. The molecule has 1 saturated carbocycles. The molecule has 0 aromatic heterocycles. The third-order valence-electron chi connectivity index (χ3n) is 2.24. The van der Waals surface area contributed by atoms with Crippen molar-refractivity contribution < 1.29 is 14.6 Å². The maximum absolute atomic E-state index is 10.9. The highest BCUT2D eigenvalue weighted by molar-refractivity contribution is 9.10. The van der Waals surface area contributed by atoms with Crippen LogP contribution in [0.3, 0.4) is 0 Å². The molecular formula is C10H9BrO3. The Hall–Kier alpha value is -1.03. The molecule has 0 unspecified atom stereocenters. The van der Waals surface area contributed by atoms with E-state index in [1.54, 1.807) is 6.07 Å². The lowest BCUT2D eigenvalue weighted by Crippen LogP contribution is -2.29. The molecule has 1 fully saturated rings. The van der Waals surface area contributed by atoms with Crippen LogP contribution in [0.4, 0.5) is 0 Å². The molecule has 0 bridgehead atoms. The molecule has 0 amide bonds. The first-order chi connectivity index (χ1) is 6.64. The second-order valence-electron chi connectivity index (χ2n) is 3.33. The number of para-hydroxylation sites is 1. The Kier molecular flexibility index (Phi) is 2.23. The van der Waals surface area contributed by atoms with Gasteiger partial charge in [0.05, 0.1) is 4.47 Å². The summed E-state index contributed by atoms with van der Waals surface area (Å²) in [5.74, 6) is -0.291. The summed E-state index contributed by atoms with van der Waals surface area (Å²) in [6.45, 7) is 0. The molecule has 14 heavy (non-hydrogen) atoms.